The van der Waals surface area contributed by atoms with Crippen molar-refractivity contribution in [3.63, 3.8) is 0 Å². The molecule has 24 heavy (non-hydrogen) atoms. The van der Waals surface area contributed by atoms with Crippen LogP contribution in [0.25, 0.3) is 11.0 Å². The van der Waals surface area contributed by atoms with Gasteiger partial charge in [0, 0.05) is 10.9 Å². The molecule has 5 nitrogen and oxygen atoms in total. The number of amides is 1. The van der Waals surface area contributed by atoms with Crippen LogP contribution in [0, 0.1) is 0 Å². The number of H-pyrrole nitrogens is 2. The lowest BCUT2D eigenvalue weighted by Crippen LogP contribution is -2.26. The third-order valence-electron chi connectivity index (χ3n) is 4.00. The Kier molecular flexibility index (Phi) is 4.85. The maximum atomic E-state index is 12.2. The van der Waals surface area contributed by atoms with Crippen LogP contribution in [0.15, 0.2) is 51.7 Å². The number of imidazole rings is 1. The van der Waals surface area contributed by atoms with Crippen molar-refractivity contribution in [2.45, 2.75) is 25.8 Å². The van der Waals surface area contributed by atoms with Crippen molar-refractivity contribution >= 4 is 32.9 Å². The summed E-state index contributed by atoms with van der Waals surface area (Å²) in [5.74, 6) is 0.000845. The molecule has 3 rings (SSSR count). The molecule has 1 heterocycles. The van der Waals surface area contributed by atoms with Gasteiger partial charge in [-0.25, -0.2) is 4.79 Å². The van der Waals surface area contributed by atoms with Gasteiger partial charge in [-0.1, -0.05) is 40.2 Å². The zero-order valence-electron chi connectivity index (χ0n) is 13.2. The number of nitrogens with one attached hydrogen (secondary N) is 3. The number of carbonyl (C=O) groups excluding carboxylic acids is 1. The second-order valence-corrected chi connectivity index (χ2v) is 6.62. The summed E-state index contributed by atoms with van der Waals surface area (Å²) in [6.45, 7) is 1.93. The SMILES string of the molecule is CC(NC(=O)CCc1ccccc1Br)c1ccc2[nH]c(=O)[nH]c2c1. The van der Waals surface area contributed by atoms with Gasteiger partial charge in [0.2, 0.25) is 5.91 Å². The predicted octanol–water partition coefficient (Wildman–Crippen LogP) is 3.43. The molecule has 0 radical (unpaired) electrons. The summed E-state index contributed by atoms with van der Waals surface area (Å²) in [7, 11) is 0. The topological polar surface area (TPSA) is 77.8 Å². The molecule has 124 valence electrons. The third-order valence-corrected chi connectivity index (χ3v) is 4.77. The van der Waals surface area contributed by atoms with Gasteiger partial charge in [0.25, 0.3) is 0 Å². The van der Waals surface area contributed by atoms with E-state index < -0.39 is 0 Å². The molecule has 0 fully saturated rings. The fraction of sp³-hybridized carbons (Fsp3) is 0.222. The van der Waals surface area contributed by atoms with Crippen molar-refractivity contribution < 1.29 is 4.79 Å². The molecule has 1 amide bonds. The Hall–Kier alpha value is -2.34. The Morgan fingerprint density at radius 1 is 1.17 bits per heavy atom. The average Bonchev–Trinajstić information content (AvgIpc) is 2.93. The van der Waals surface area contributed by atoms with Gasteiger partial charge < -0.3 is 15.3 Å². The molecule has 6 heteroatoms. The number of benzene rings is 2. The Bertz CT molecular complexity index is 929. The summed E-state index contributed by atoms with van der Waals surface area (Å²) in [5.41, 5.74) is 3.34. The molecule has 0 aliphatic heterocycles. The summed E-state index contributed by atoms with van der Waals surface area (Å²) < 4.78 is 1.02. The molecule has 0 saturated heterocycles. The van der Waals surface area contributed by atoms with E-state index in [9.17, 15) is 9.59 Å². The van der Waals surface area contributed by atoms with Crippen LogP contribution in [-0.2, 0) is 11.2 Å². The number of halogens is 1. The lowest BCUT2D eigenvalue weighted by atomic mass is 10.1. The summed E-state index contributed by atoms with van der Waals surface area (Å²) in [4.78, 5) is 28.9. The first-order chi connectivity index (χ1) is 11.5. The minimum absolute atomic E-state index is 0.000845. The van der Waals surface area contributed by atoms with E-state index in [-0.39, 0.29) is 17.6 Å². The fourth-order valence-electron chi connectivity index (χ4n) is 2.67. The molecule has 0 bridgehead atoms. The smallest absolute Gasteiger partial charge is 0.323 e. The van der Waals surface area contributed by atoms with Crippen LogP contribution in [0.3, 0.4) is 0 Å². The average molecular weight is 388 g/mol. The van der Waals surface area contributed by atoms with Crippen LogP contribution in [0.4, 0.5) is 0 Å². The Morgan fingerprint density at radius 3 is 2.71 bits per heavy atom. The summed E-state index contributed by atoms with van der Waals surface area (Å²) in [6, 6.07) is 13.4. The third kappa shape index (κ3) is 3.76. The molecule has 3 N–H and O–H groups in total. The van der Waals surface area contributed by atoms with E-state index in [2.05, 4.69) is 31.2 Å². The van der Waals surface area contributed by atoms with Crippen LogP contribution in [0.5, 0.6) is 0 Å². The number of aryl methyl sites for hydroxylation is 1. The minimum Gasteiger partial charge on any atom is -0.350 e. The van der Waals surface area contributed by atoms with Gasteiger partial charge in [0.1, 0.15) is 0 Å². The number of fused-ring (bicyclic) bond motifs is 1. The highest BCUT2D eigenvalue weighted by Gasteiger charge is 2.11. The van der Waals surface area contributed by atoms with Gasteiger partial charge in [-0.15, -0.1) is 0 Å². The molecular formula is C18H18BrN3O2. The Morgan fingerprint density at radius 2 is 1.92 bits per heavy atom. The number of hydrogen-bond acceptors (Lipinski definition) is 2. The van der Waals surface area contributed by atoms with Crippen LogP contribution < -0.4 is 11.0 Å². The van der Waals surface area contributed by atoms with Gasteiger partial charge in [0.05, 0.1) is 17.1 Å². The maximum absolute atomic E-state index is 12.2. The number of aromatic amines is 2. The van der Waals surface area contributed by atoms with Crippen molar-refractivity contribution in [3.8, 4) is 0 Å². The normalized spacial score (nSPS) is 12.2. The van der Waals surface area contributed by atoms with Crippen LogP contribution in [-0.4, -0.2) is 15.9 Å². The largest absolute Gasteiger partial charge is 0.350 e. The van der Waals surface area contributed by atoms with Crippen molar-refractivity contribution in [2.75, 3.05) is 0 Å². The first-order valence-electron chi connectivity index (χ1n) is 7.77. The second-order valence-electron chi connectivity index (χ2n) is 5.76. The molecule has 0 saturated carbocycles. The second kappa shape index (κ2) is 7.05. The molecule has 0 spiro atoms. The number of hydrogen-bond donors (Lipinski definition) is 3. The summed E-state index contributed by atoms with van der Waals surface area (Å²) in [6.07, 6.45) is 1.11. The first kappa shape index (κ1) is 16.5. The molecule has 0 aliphatic carbocycles. The first-order valence-corrected chi connectivity index (χ1v) is 8.57. The van der Waals surface area contributed by atoms with E-state index in [0.717, 1.165) is 26.6 Å². The molecular weight excluding hydrogens is 370 g/mol. The molecule has 1 atom stereocenters. The Labute approximate surface area is 147 Å². The van der Waals surface area contributed by atoms with E-state index in [1.165, 1.54) is 0 Å². The lowest BCUT2D eigenvalue weighted by Gasteiger charge is -2.14. The number of carbonyl (C=O) groups is 1. The van der Waals surface area contributed by atoms with Crippen LogP contribution in [0.2, 0.25) is 0 Å². The van der Waals surface area contributed by atoms with E-state index in [0.29, 0.717) is 12.8 Å². The Balaban J connectivity index is 1.62. The molecule has 1 unspecified atom stereocenters. The molecule has 1 aromatic heterocycles. The van der Waals surface area contributed by atoms with E-state index in [1.54, 1.807) is 0 Å². The highest BCUT2D eigenvalue weighted by atomic mass is 79.9. The summed E-state index contributed by atoms with van der Waals surface area (Å²) >= 11 is 3.50. The van der Waals surface area contributed by atoms with Gasteiger partial charge in [0.15, 0.2) is 0 Å². The van der Waals surface area contributed by atoms with E-state index >= 15 is 0 Å². The van der Waals surface area contributed by atoms with Gasteiger partial charge in [-0.2, -0.15) is 0 Å². The quantitative estimate of drug-likeness (QED) is 0.626. The number of aromatic nitrogens is 2. The molecule has 3 aromatic rings. The van der Waals surface area contributed by atoms with Crippen LogP contribution >= 0.6 is 15.9 Å². The standard InChI is InChI=1S/C18H18BrN3O2/c1-11(13-6-8-15-16(10-13)22-18(24)21-15)20-17(23)9-7-12-4-2-3-5-14(12)19/h2-6,8,10-11H,7,9H2,1H3,(H,20,23)(H2,21,22,24). The van der Waals surface area contributed by atoms with Crippen molar-refractivity contribution in [1.29, 1.82) is 0 Å². The van der Waals surface area contributed by atoms with Gasteiger partial charge >= 0.3 is 5.69 Å². The fourth-order valence-corrected chi connectivity index (χ4v) is 3.15. The zero-order valence-corrected chi connectivity index (χ0v) is 14.8. The highest BCUT2D eigenvalue weighted by Crippen LogP contribution is 2.19. The lowest BCUT2D eigenvalue weighted by molar-refractivity contribution is -0.121. The van der Waals surface area contributed by atoms with Crippen molar-refractivity contribution in [1.82, 2.24) is 15.3 Å². The van der Waals surface area contributed by atoms with Crippen LogP contribution in [0.1, 0.15) is 30.5 Å². The monoisotopic (exact) mass is 387 g/mol. The highest BCUT2D eigenvalue weighted by molar-refractivity contribution is 9.10. The number of rotatable bonds is 5. The van der Waals surface area contributed by atoms with Gasteiger partial charge in [-0.3, -0.25) is 4.79 Å². The van der Waals surface area contributed by atoms with E-state index in [4.69, 9.17) is 0 Å². The van der Waals surface area contributed by atoms with Gasteiger partial charge in [-0.05, 0) is 42.7 Å². The zero-order chi connectivity index (χ0) is 17.1. The van der Waals surface area contributed by atoms with Crippen molar-refractivity contribution in [2.24, 2.45) is 0 Å². The van der Waals surface area contributed by atoms with Crippen molar-refractivity contribution in [3.05, 3.63) is 68.5 Å². The maximum Gasteiger partial charge on any atom is 0.323 e. The molecule has 2 aromatic carbocycles. The molecule has 0 aliphatic rings. The minimum atomic E-state index is -0.229. The van der Waals surface area contributed by atoms with E-state index in [1.807, 2.05) is 49.4 Å². The predicted molar refractivity (Wildman–Crippen MR) is 97.9 cm³/mol. The summed E-state index contributed by atoms with van der Waals surface area (Å²) in [5, 5.41) is 3.00.